The SMILES string of the molecule is O=C(Nc1cnn(COc2ccc(F)cc2Cl)c1)Nc1ccccc1Cl. The molecule has 2 amide bonds. The third kappa shape index (κ3) is 4.65. The molecule has 0 saturated heterocycles. The minimum absolute atomic E-state index is 0.0408. The molecule has 134 valence electrons. The van der Waals surface area contributed by atoms with Crippen molar-refractivity contribution < 1.29 is 13.9 Å². The number of ether oxygens (including phenoxy) is 1. The van der Waals surface area contributed by atoms with Gasteiger partial charge in [-0.05, 0) is 30.3 Å². The first-order chi connectivity index (χ1) is 12.5. The van der Waals surface area contributed by atoms with E-state index >= 15 is 0 Å². The van der Waals surface area contributed by atoms with E-state index in [0.29, 0.717) is 22.1 Å². The van der Waals surface area contributed by atoms with Crippen molar-refractivity contribution in [3.63, 3.8) is 0 Å². The van der Waals surface area contributed by atoms with Crippen LogP contribution in [0.15, 0.2) is 54.9 Å². The van der Waals surface area contributed by atoms with E-state index in [1.54, 1.807) is 30.5 Å². The van der Waals surface area contributed by atoms with Gasteiger partial charge in [-0.15, -0.1) is 0 Å². The van der Waals surface area contributed by atoms with E-state index in [2.05, 4.69) is 15.7 Å². The van der Waals surface area contributed by atoms with Crippen LogP contribution in [0.25, 0.3) is 0 Å². The lowest BCUT2D eigenvalue weighted by molar-refractivity contribution is 0.221. The third-order valence-corrected chi connectivity index (χ3v) is 3.88. The zero-order chi connectivity index (χ0) is 18.5. The summed E-state index contributed by atoms with van der Waals surface area (Å²) in [7, 11) is 0. The number of para-hydroxylation sites is 1. The van der Waals surface area contributed by atoms with Crippen LogP contribution in [0.4, 0.5) is 20.6 Å². The lowest BCUT2D eigenvalue weighted by Gasteiger charge is -2.08. The van der Waals surface area contributed by atoms with Gasteiger partial charge >= 0.3 is 6.03 Å². The van der Waals surface area contributed by atoms with E-state index in [9.17, 15) is 9.18 Å². The molecule has 0 aliphatic carbocycles. The van der Waals surface area contributed by atoms with Crippen molar-refractivity contribution in [1.29, 1.82) is 0 Å². The first-order valence-electron chi connectivity index (χ1n) is 7.44. The zero-order valence-corrected chi connectivity index (χ0v) is 14.8. The van der Waals surface area contributed by atoms with Crippen LogP contribution in [0.2, 0.25) is 10.0 Å². The highest BCUT2D eigenvalue weighted by atomic mass is 35.5. The Hall–Kier alpha value is -2.77. The van der Waals surface area contributed by atoms with E-state index in [1.165, 1.54) is 23.0 Å². The van der Waals surface area contributed by atoms with Crippen LogP contribution in [0.5, 0.6) is 5.75 Å². The first kappa shape index (κ1) is 18.0. The first-order valence-corrected chi connectivity index (χ1v) is 8.20. The second-order valence-corrected chi connectivity index (χ2v) is 5.99. The van der Waals surface area contributed by atoms with Gasteiger partial charge in [0.2, 0.25) is 0 Å². The lowest BCUT2D eigenvalue weighted by atomic mass is 10.3. The lowest BCUT2D eigenvalue weighted by Crippen LogP contribution is -2.19. The van der Waals surface area contributed by atoms with E-state index in [1.807, 2.05) is 0 Å². The van der Waals surface area contributed by atoms with E-state index in [4.69, 9.17) is 27.9 Å². The molecule has 9 heteroatoms. The van der Waals surface area contributed by atoms with Gasteiger partial charge in [0, 0.05) is 0 Å². The number of hydrogen-bond donors (Lipinski definition) is 2. The maximum atomic E-state index is 13.0. The molecule has 3 aromatic rings. The Kier molecular flexibility index (Phi) is 5.60. The number of carbonyl (C=O) groups excluding carboxylic acids is 1. The number of benzene rings is 2. The Morgan fingerprint density at radius 2 is 1.96 bits per heavy atom. The molecule has 26 heavy (non-hydrogen) atoms. The second-order valence-electron chi connectivity index (χ2n) is 5.18. The van der Waals surface area contributed by atoms with Gasteiger partial charge in [0.25, 0.3) is 0 Å². The minimum atomic E-state index is -0.458. The molecule has 2 N–H and O–H groups in total. The smallest absolute Gasteiger partial charge is 0.323 e. The van der Waals surface area contributed by atoms with Crippen molar-refractivity contribution in [1.82, 2.24) is 9.78 Å². The average Bonchev–Trinajstić information content (AvgIpc) is 3.03. The Balaban J connectivity index is 1.56. The number of amides is 2. The van der Waals surface area contributed by atoms with Gasteiger partial charge in [-0.2, -0.15) is 5.10 Å². The molecule has 0 unspecified atom stereocenters. The van der Waals surface area contributed by atoms with Gasteiger partial charge in [-0.3, -0.25) is 0 Å². The summed E-state index contributed by atoms with van der Waals surface area (Å²) in [4.78, 5) is 12.0. The van der Waals surface area contributed by atoms with Gasteiger partial charge in [-0.1, -0.05) is 35.3 Å². The molecule has 0 spiro atoms. The number of nitrogens with zero attached hydrogens (tertiary/aromatic N) is 2. The number of anilines is 2. The number of rotatable bonds is 5. The predicted molar refractivity (Wildman–Crippen MR) is 98.4 cm³/mol. The molecule has 0 radical (unpaired) electrons. The number of hydrogen-bond acceptors (Lipinski definition) is 3. The molecule has 3 rings (SSSR count). The molecular formula is C17H13Cl2FN4O2. The number of carbonyl (C=O) groups is 1. The molecule has 0 aliphatic rings. The maximum Gasteiger partial charge on any atom is 0.323 e. The number of halogens is 3. The molecular weight excluding hydrogens is 382 g/mol. The number of aromatic nitrogens is 2. The summed E-state index contributed by atoms with van der Waals surface area (Å²) in [5.74, 6) is -0.119. The van der Waals surface area contributed by atoms with E-state index in [0.717, 1.165) is 6.07 Å². The minimum Gasteiger partial charge on any atom is -0.470 e. The summed E-state index contributed by atoms with van der Waals surface area (Å²) in [6.45, 7) is 0.0408. The fourth-order valence-electron chi connectivity index (χ4n) is 2.07. The average molecular weight is 395 g/mol. The Bertz CT molecular complexity index is 933. The van der Waals surface area contributed by atoms with Crippen LogP contribution < -0.4 is 15.4 Å². The van der Waals surface area contributed by atoms with Gasteiger partial charge in [0.1, 0.15) is 11.6 Å². The van der Waals surface area contributed by atoms with Crippen molar-refractivity contribution in [2.75, 3.05) is 10.6 Å². The number of urea groups is 1. The molecule has 0 bridgehead atoms. The summed E-state index contributed by atoms with van der Waals surface area (Å²) in [5, 5.41) is 9.92. The van der Waals surface area contributed by atoms with Gasteiger partial charge in [-0.25, -0.2) is 13.9 Å². The van der Waals surface area contributed by atoms with Crippen LogP contribution >= 0.6 is 23.2 Å². The normalized spacial score (nSPS) is 10.4. The highest BCUT2D eigenvalue weighted by molar-refractivity contribution is 6.33. The van der Waals surface area contributed by atoms with Crippen LogP contribution in [-0.2, 0) is 6.73 Å². The van der Waals surface area contributed by atoms with Crippen LogP contribution in [0.3, 0.4) is 0 Å². The Labute approximate surface area is 158 Å². The summed E-state index contributed by atoms with van der Waals surface area (Å²) >= 11 is 11.9. The Morgan fingerprint density at radius 3 is 2.73 bits per heavy atom. The standard InChI is InChI=1S/C17H13Cl2FN4O2/c18-13-3-1-2-4-15(13)23-17(25)22-12-8-21-24(9-12)10-26-16-6-5-11(20)7-14(16)19/h1-9H,10H2,(H2,22,23,25). The molecule has 6 nitrogen and oxygen atoms in total. The summed E-state index contributed by atoms with van der Waals surface area (Å²) in [6.07, 6.45) is 3.03. The topological polar surface area (TPSA) is 68.2 Å². The molecule has 1 aromatic heterocycles. The van der Waals surface area contributed by atoms with Crippen molar-refractivity contribution in [3.05, 3.63) is 70.7 Å². The van der Waals surface area contributed by atoms with E-state index < -0.39 is 11.8 Å². The fraction of sp³-hybridized carbons (Fsp3) is 0.0588. The largest absolute Gasteiger partial charge is 0.470 e. The molecule has 0 saturated carbocycles. The monoisotopic (exact) mass is 394 g/mol. The molecule has 0 fully saturated rings. The summed E-state index contributed by atoms with van der Waals surface area (Å²) in [5.41, 5.74) is 0.955. The van der Waals surface area contributed by atoms with Crippen molar-refractivity contribution in [2.45, 2.75) is 6.73 Å². The quantitative estimate of drug-likeness (QED) is 0.638. The van der Waals surface area contributed by atoms with Gasteiger partial charge < -0.3 is 15.4 Å². The highest BCUT2D eigenvalue weighted by Gasteiger charge is 2.08. The molecule has 1 heterocycles. The molecule has 0 atom stereocenters. The van der Waals surface area contributed by atoms with E-state index in [-0.39, 0.29) is 11.8 Å². The summed E-state index contributed by atoms with van der Waals surface area (Å²) in [6, 6.07) is 10.3. The van der Waals surface area contributed by atoms with Crippen LogP contribution in [0.1, 0.15) is 0 Å². The highest BCUT2D eigenvalue weighted by Crippen LogP contribution is 2.25. The van der Waals surface area contributed by atoms with Crippen molar-refractivity contribution in [3.8, 4) is 5.75 Å². The van der Waals surface area contributed by atoms with Crippen LogP contribution in [0, 0.1) is 5.82 Å². The fourth-order valence-corrected chi connectivity index (χ4v) is 2.48. The Morgan fingerprint density at radius 1 is 1.15 bits per heavy atom. The third-order valence-electron chi connectivity index (χ3n) is 3.26. The van der Waals surface area contributed by atoms with Gasteiger partial charge in [0.15, 0.2) is 6.73 Å². The van der Waals surface area contributed by atoms with Crippen molar-refractivity contribution in [2.24, 2.45) is 0 Å². The second kappa shape index (κ2) is 8.07. The van der Waals surface area contributed by atoms with Crippen LogP contribution in [-0.4, -0.2) is 15.8 Å². The van der Waals surface area contributed by atoms with Crippen molar-refractivity contribution >= 4 is 40.6 Å². The molecule has 2 aromatic carbocycles. The maximum absolute atomic E-state index is 13.0. The summed E-state index contributed by atoms with van der Waals surface area (Å²) < 4.78 is 19.9. The predicted octanol–water partition coefficient (Wildman–Crippen LogP) is 5.01. The van der Waals surface area contributed by atoms with Gasteiger partial charge in [0.05, 0.1) is 33.8 Å². The number of nitrogens with one attached hydrogen (secondary N) is 2. The zero-order valence-electron chi connectivity index (χ0n) is 13.2. The molecule has 0 aliphatic heterocycles.